The summed E-state index contributed by atoms with van der Waals surface area (Å²) < 4.78 is 32.9. The van der Waals surface area contributed by atoms with Crippen molar-refractivity contribution in [1.82, 2.24) is 4.58 Å². The zero-order valence-corrected chi connectivity index (χ0v) is 40.7. The number of hydrogen-bond donors (Lipinski definition) is 0. The third-order valence-corrected chi connectivity index (χ3v) is 9.44. The second-order valence-corrected chi connectivity index (χ2v) is 14.0. The van der Waals surface area contributed by atoms with Crippen molar-refractivity contribution in [2.45, 2.75) is 6.92 Å². The Morgan fingerprint density at radius 3 is 2.00 bits per heavy atom. The van der Waals surface area contributed by atoms with Gasteiger partial charge in [-0.3, -0.25) is 0 Å². The molecule has 0 amide bonds. The van der Waals surface area contributed by atoms with Crippen LogP contribution in [0.15, 0.2) is 71.1 Å². The maximum absolute atomic E-state index is 12.2. The Morgan fingerprint density at radius 1 is 0.746 bits per heavy atom. The third-order valence-electron chi connectivity index (χ3n) is 9.44. The number of nitrogens with zero attached hydrogens (tertiary/aromatic N) is 4. The number of carbonyl (C=O) groups excluding carboxylic acids is 3. The first-order valence-electron chi connectivity index (χ1n) is 18.3. The summed E-state index contributed by atoms with van der Waals surface area (Å²) in [6.45, 7) is 0.405. The predicted octanol–water partition coefficient (Wildman–Crippen LogP) is -5.65. The first kappa shape index (κ1) is 48.5. The van der Waals surface area contributed by atoms with E-state index in [0.29, 0.717) is 44.9 Å². The van der Waals surface area contributed by atoms with Gasteiger partial charge in [-0.25, -0.2) is 4.58 Å². The van der Waals surface area contributed by atoms with E-state index < -0.39 is 37.6 Å². The molecular weight excluding hydrogens is 815 g/mol. The Morgan fingerprint density at radius 2 is 1.39 bits per heavy atom. The van der Waals surface area contributed by atoms with Gasteiger partial charge in [0.05, 0.1) is 61.7 Å². The topological polar surface area (TPSA) is 183 Å². The molecule has 17 heteroatoms. The summed E-state index contributed by atoms with van der Waals surface area (Å²) in [4.78, 5) is 40.7. The van der Waals surface area contributed by atoms with Crippen LogP contribution in [-0.4, -0.2) is 105 Å². The molecule has 2 aliphatic heterocycles. The minimum atomic E-state index is -1.46. The van der Waals surface area contributed by atoms with Crippen LogP contribution in [-0.2, 0) is 19.1 Å². The molecule has 2 heterocycles. The van der Waals surface area contributed by atoms with Crippen molar-refractivity contribution in [3.05, 3.63) is 77.7 Å². The quantitative estimate of drug-likeness (QED) is 0.0777. The molecule has 3 aliphatic rings. The molecule has 0 atom stereocenters. The fourth-order valence-electron chi connectivity index (χ4n) is 6.71. The number of carbonyl (C=O) groups is 3. The summed E-state index contributed by atoms with van der Waals surface area (Å²) in [6, 6.07) is 20.2. The van der Waals surface area contributed by atoms with Crippen LogP contribution in [0.1, 0.15) is 5.56 Å². The monoisotopic (exact) mass is 858 g/mol. The molecule has 3 aromatic rings. The summed E-state index contributed by atoms with van der Waals surface area (Å²) in [6.07, 6.45) is 0. The number of rotatable bonds is 9. The van der Waals surface area contributed by atoms with Crippen LogP contribution in [0.5, 0.6) is 17.2 Å². The smallest absolute Gasteiger partial charge is 0.548 e. The van der Waals surface area contributed by atoms with Crippen molar-refractivity contribution in [3.63, 3.8) is 0 Å². The standard InChI is InChI=1S/C42H46N4O11.2K/c1-26-6-11-32-37(18-26)54-16-17-55-38-21-31(42-29-9-7-27(43(2)3)19-35(29)57-36-20-28(44(4)5)8-10-30(36)42)34(56-25-41(51)52)22-33(38)46(24-40(49)50)13-15-53-14-12-45(32)23-39(47)48;;/h6-11,18-22H,12-17,23-25H2,1-5H3,(H2-,47,48,49,50,51,52);;/q;2*+1/p-2. The van der Waals surface area contributed by atoms with E-state index in [4.69, 9.17) is 23.4 Å². The number of fused-ring (bicyclic) bond motifs is 4. The second-order valence-electron chi connectivity index (χ2n) is 14.0. The average Bonchev–Trinajstić information content (AvgIpc) is 3.16. The molecule has 15 nitrogen and oxygen atoms in total. The first-order valence-corrected chi connectivity index (χ1v) is 18.3. The van der Waals surface area contributed by atoms with Crippen LogP contribution in [0.3, 0.4) is 0 Å². The zero-order valence-electron chi connectivity index (χ0n) is 34.5. The molecule has 300 valence electrons. The molecule has 0 saturated carbocycles. The minimum Gasteiger partial charge on any atom is -0.548 e. The number of carboxylic acids is 3. The molecule has 0 unspecified atom stereocenters. The van der Waals surface area contributed by atoms with Gasteiger partial charge < -0.3 is 67.8 Å². The SMILES string of the molecule is Cc1ccc2c(c1)OCCOc1cc(-c3c4ccc(=[N+](C)C)cc-4oc4cc(N(C)C)ccc34)c(OCC(=O)[O-])cc1N(CC(=O)[O-])CCOCCN2CC(=O)[O-].[K+].[K+]. The molecule has 0 N–H and O–H groups in total. The second kappa shape index (κ2) is 22.1. The summed E-state index contributed by atoms with van der Waals surface area (Å²) in [5.41, 5.74) is 4.91. The summed E-state index contributed by atoms with van der Waals surface area (Å²) >= 11 is 0. The molecule has 0 bridgehead atoms. The number of carboxylic acid groups (broad SMARTS) is 3. The maximum Gasteiger partial charge on any atom is 1.00 e. The molecule has 3 aromatic carbocycles. The molecule has 0 spiro atoms. The van der Waals surface area contributed by atoms with Gasteiger partial charge in [0, 0.05) is 73.1 Å². The molecule has 1 aliphatic carbocycles. The Labute approximate surface area is 427 Å². The number of aryl methyl sites for hydroxylation is 1. The fraction of sp³-hybridized carbons (Fsp3) is 0.333. The molecule has 0 radical (unpaired) electrons. The number of aliphatic carboxylic acids is 3. The summed E-state index contributed by atoms with van der Waals surface area (Å²) in [5.74, 6) is -2.79. The van der Waals surface area contributed by atoms with Gasteiger partial charge in [0.1, 0.15) is 62.5 Å². The van der Waals surface area contributed by atoms with Crippen molar-refractivity contribution in [1.29, 1.82) is 0 Å². The molecule has 0 aromatic heterocycles. The van der Waals surface area contributed by atoms with Crippen molar-refractivity contribution in [2.24, 2.45) is 0 Å². The van der Waals surface area contributed by atoms with Crippen molar-refractivity contribution in [3.8, 4) is 39.7 Å². The van der Waals surface area contributed by atoms with Crippen LogP contribution in [0.4, 0.5) is 17.1 Å². The van der Waals surface area contributed by atoms with Crippen LogP contribution in [0, 0.1) is 6.92 Å². The van der Waals surface area contributed by atoms with Crippen molar-refractivity contribution >= 4 is 45.9 Å². The third kappa shape index (κ3) is 12.2. The van der Waals surface area contributed by atoms with E-state index in [-0.39, 0.29) is 159 Å². The molecular formula is C42H44K2N4O11. The zero-order chi connectivity index (χ0) is 40.8. The summed E-state index contributed by atoms with van der Waals surface area (Å²) in [5, 5.41) is 37.3. The molecule has 59 heavy (non-hydrogen) atoms. The van der Waals surface area contributed by atoms with E-state index >= 15 is 0 Å². The minimum absolute atomic E-state index is 0. The van der Waals surface area contributed by atoms with Gasteiger partial charge in [-0.1, -0.05) is 6.07 Å². The number of hydrogen-bond acceptors (Lipinski definition) is 14. The van der Waals surface area contributed by atoms with Gasteiger partial charge in [-0.15, -0.1) is 0 Å². The van der Waals surface area contributed by atoms with E-state index in [9.17, 15) is 29.7 Å². The van der Waals surface area contributed by atoms with E-state index in [1.54, 1.807) is 29.2 Å². The number of ether oxygens (including phenoxy) is 4. The van der Waals surface area contributed by atoms with Gasteiger partial charge in [-0.2, -0.15) is 0 Å². The summed E-state index contributed by atoms with van der Waals surface area (Å²) in [7, 11) is 7.68. The van der Waals surface area contributed by atoms with Gasteiger partial charge in [0.15, 0.2) is 0 Å². The van der Waals surface area contributed by atoms with Gasteiger partial charge in [-0.05, 0) is 48.9 Å². The van der Waals surface area contributed by atoms with Crippen molar-refractivity contribution in [2.75, 3.05) is 102 Å². The molecule has 0 fully saturated rings. The van der Waals surface area contributed by atoms with Gasteiger partial charge in [0.2, 0.25) is 5.36 Å². The van der Waals surface area contributed by atoms with E-state index in [2.05, 4.69) is 0 Å². The van der Waals surface area contributed by atoms with Gasteiger partial charge >= 0.3 is 103 Å². The van der Waals surface area contributed by atoms with Gasteiger partial charge in [0.25, 0.3) is 0 Å². The predicted molar refractivity (Wildman–Crippen MR) is 208 cm³/mol. The van der Waals surface area contributed by atoms with Crippen LogP contribution < -0.4 is 157 Å². The van der Waals surface area contributed by atoms with E-state index in [0.717, 1.165) is 16.6 Å². The Kier molecular flexibility index (Phi) is 18.1. The first-order chi connectivity index (χ1) is 27.3. The van der Waals surface area contributed by atoms with E-state index in [1.807, 2.05) is 87.1 Å². The number of anilines is 3. The Balaban J connectivity index is 0.00000384. The normalized spacial score (nSPS) is 13.2. The van der Waals surface area contributed by atoms with Crippen LogP contribution >= 0.6 is 0 Å². The largest absolute Gasteiger partial charge is 1.00 e. The van der Waals surface area contributed by atoms with E-state index in [1.165, 1.54) is 4.90 Å². The number of benzene rings is 4. The van der Waals surface area contributed by atoms with Crippen LogP contribution in [0.25, 0.3) is 33.4 Å². The maximum atomic E-state index is 12.2. The Bertz CT molecular complexity index is 2350. The Hall–Kier alpha value is -3.21. The van der Waals surface area contributed by atoms with Crippen LogP contribution in [0.2, 0.25) is 0 Å². The average molecular weight is 859 g/mol. The van der Waals surface area contributed by atoms with Crippen molar-refractivity contribution < 1.29 is 156 Å². The fourth-order valence-corrected chi connectivity index (χ4v) is 6.71. The molecule has 6 rings (SSSR count). The molecule has 0 saturated heterocycles.